The van der Waals surface area contributed by atoms with Crippen molar-refractivity contribution in [3.63, 3.8) is 0 Å². The van der Waals surface area contributed by atoms with Crippen LogP contribution in [0.15, 0.2) is 36.5 Å². The molecule has 92 valence electrons. The first kappa shape index (κ1) is 11.9. The second-order valence-corrected chi connectivity index (χ2v) is 3.92. The second kappa shape index (κ2) is 4.75. The number of rotatable bonds is 3. The van der Waals surface area contributed by atoms with Crippen molar-refractivity contribution in [3.05, 3.63) is 47.8 Å². The van der Waals surface area contributed by atoms with E-state index in [-0.39, 0.29) is 5.56 Å². The van der Waals surface area contributed by atoms with E-state index < -0.39 is 5.97 Å². The van der Waals surface area contributed by atoms with Crippen molar-refractivity contribution in [2.75, 3.05) is 11.1 Å². The van der Waals surface area contributed by atoms with Gasteiger partial charge in [0.05, 0.1) is 28.8 Å². The number of nitrogens with one attached hydrogen (secondary N) is 1. The van der Waals surface area contributed by atoms with Gasteiger partial charge in [0.15, 0.2) is 0 Å². The van der Waals surface area contributed by atoms with Crippen LogP contribution in [0.4, 0.5) is 17.1 Å². The Morgan fingerprint density at radius 2 is 2.11 bits per heavy atom. The van der Waals surface area contributed by atoms with Crippen LogP contribution in [0.2, 0.25) is 0 Å². The predicted octanol–water partition coefficient (Wildman–Crippen LogP) is 2.41. The minimum absolute atomic E-state index is 0.187. The summed E-state index contributed by atoms with van der Waals surface area (Å²) in [5.74, 6) is -0.986. The number of nitrogens with zero attached hydrogens (tertiary/aromatic N) is 1. The van der Waals surface area contributed by atoms with Gasteiger partial charge in [-0.15, -0.1) is 0 Å². The van der Waals surface area contributed by atoms with Gasteiger partial charge in [-0.05, 0) is 37.3 Å². The number of pyridine rings is 1. The number of carboxylic acids is 1. The lowest BCUT2D eigenvalue weighted by molar-refractivity contribution is 0.0697. The molecule has 0 saturated carbocycles. The van der Waals surface area contributed by atoms with Crippen molar-refractivity contribution in [1.82, 2.24) is 4.98 Å². The molecular weight excluding hydrogens is 230 g/mol. The minimum Gasteiger partial charge on any atom is -0.478 e. The lowest BCUT2D eigenvalue weighted by Gasteiger charge is -2.10. The Hall–Kier alpha value is -2.56. The van der Waals surface area contributed by atoms with Gasteiger partial charge in [-0.25, -0.2) is 4.79 Å². The summed E-state index contributed by atoms with van der Waals surface area (Å²) >= 11 is 0. The molecule has 0 amide bonds. The standard InChI is InChI=1S/C13H13N3O2/c1-8-2-4-10(7-15-8)16-12-6-9(13(17)18)3-5-11(12)14/h2-7,16H,14H2,1H3,(H,17,18). The summed E-state index contributed by atoms with van der Waals surface area (Å²) in [5, 5.41) is 12.0. The Morgan fingerprint density at radius 1 is 1.33 bits per heavy atom. The fourth-order valence-corrected chi connectivity index (χ4v) is 1.49. The molecule has 0 spiro atoms. The van der Waals surface area contributed by atoms with Gasteiger partial charge < -0.3 is 16.2 Å². The number of nitrogen functional groups attached to an aromatic ring is 1. The number of aromatic nitrogens is 1. The third-order valence-electron chi connectivity index (χ3n) is 2.49. The SMILES string of the molecule is Cc1ccc(Nc2cc(C(=O)O)ccc2N)cn1. The molecule has 0 fully saturated rings. The normalized spacial score (nSPS) is 10.1. The first-order valence-corrected chi connectivity index (χ1v) is 5.39. The number of hydrogen-bond acceptors (Lipinski definition) is 4. The summed E-state index contributed by atoms with van der Waals surface area (Å²) in [7, 11) is 0. The van der Waals surface area contributed by atoms with Crippen molar-refractivity contribution in [2.24, 2.45) is 0 Å². The fourth-order valence-electron chi connectivity index (χ4n) is 1.49. The van der Waals surface area contributed by atoms with Crippen LogP contribution in [-0.2, 0) is 0 Å². The Morgan fingerprint density at radius 3 is 2.72 bits per heavy atom. The summed E-state index contributed by atoms with van der Waals surface area (Å²) < 4.78 is 0. The lowest BCUT2D eigenvalue weighted by atomic mass is 10.1. The van der Waals surface area contributed by atoms with Gasteiger partial charge in [0.2, 0.25) is 0 Å². The van der Waals surface area contributed by atoms with Crippen molar-refractivity contribution in [3.8, 4) is 0 Å². The van der Waals surface area contributed by atoms with Gasteiger partial charge >= 0.3 is 5.97 Å². The number of hydrogen-bond donors (Lipinski definition) is 3. The number of aryl methyl sites for hydroxylation is 1. The van der Waals surface area contributed by atoms with Crippen LogP contribution in [0.25, 0.3) is 0 Å². The third kappa shape index (κ3) is 2.57. The maximum atomic E-state index is 10.9. The number of aromatic carboxylic acids is 1. The average Bonchev–Trinajstić information content (AvgIpc) is 2.34. The van der Waals surface area contributed by atoms with E-state index in [4.69, 9.17) is 10.8 Å². The molecule has 2 aromatic rings. The van der Waals surface area contributed by atoms with Crippen molar-refractivity contribution in [2.45, 2.75) is 6.92 Å². The summed E-state index contributed by atoms with van der Waals surface area (Å²) in [6, 6.07) is 8.25. The van der Waals surface area contributed by atoms with Crippen molar-refractivity contribution in [1.29, 1.82) is 0 Å². The van der Waals surface area contributed by atoms with Crippen LogP contribution in [-0.4, -0.2) is 16.1 Å². The van der Waals surface area contributed by atoms with Gasteiger partial charge in [0.1, 0.15) is 0 Å². The maximum Gasteiger partial charge on any atom is 0.335 e. The van der Waals surface area contributed by atoms with E-state index in [1.165, 1.54) is 12.1 Å². The predicted molar refractivity (Wildman–Crippen MR) is 70.1 cm³/mol. The van der Waals surface area contributed by atoms with Gasteiger partial charge in [-0.1, -0.05) is 0 Å². The van der Waals surface area contributed by atoms with Crippen LogP contribution in [0.3, 0.4) is 0 Å². The molecule has 0 saturated heterocycles. The number of nitrogens with two attached hydrogens (primary N) is 1. The third-order valence-corrected chi connectivity index (χ3v) is 2.49. The second-order valence-electron chi connectivity index (χ2n) is 3.92. The highest BCUT2D eigenvalue weighted by atomic mass is 16.4. The summed E-state index contributed by atoms with van der Waals surface area (Å²) in [4.78, 5) is 15.0. The largest absolute Gasteiger partial charge is 0.478 e. The number of anilines is 3. The van der Waals surface area contributed by atoms with E-state index in [2.05, 4.69) is 10.3 Å². The molecule has 1 aromatic carbocycles. The number of carbonyl (C=O) groups is 1. The Kier molecular flexibility index (Phi) is 3.14. The highest BCUT2D eigenvalue weighted by Crippen LogP contribution is 2.24. The van der Waals surface area contributed by atoms with Crippen LogP contribution in [0.5, 0.6) is 0 Å². The quantitative estimate of drug-likeness (QED) is 0.720. The molecule has 5 nitrogen and oxygen atoms in total. The van der Waals surface area contributed by atoms with Gasteiger partial charge in [0.25, 0.3) is 0 Å². The van der Waals surface area contributed by atoms with E-state index in [1.807, 2.05) is 19.1 Å². The molecular formula is C13H13N3O2. The highest BCUT2D eigenvalue weighted by molar-refractivity contribution is 5.91. The fraction of sp³-hybridized carbons (Fsp3) is 0.0769. The Balaban J connectivity index is 2.30. The lowest BCUT2D eigenvalue weighted by Crippen LogP contribution is -2.01. The first-order chi connectivity index (χ1) is 8.56. The summed E-state index contributed by atoms with van der Waals surface area (Å²) in [6.07, 6.45) is 1.67. The molecule has 0 unspecified atom stereocenters. The topological polar surface area (TPSA) is 88.2 Å². The van der Waals surface area contributed by atoms with Crippen LogP contribution >= 0.6 is 0 Å². The van der Waals surface area contributed by atoms with Crippen LogP contribution in [0.1, 0.15) is 16.1 Å². The summed E-state index contributed by atoms with van der Waals surface area (Å²) in [6.45, 7) is 1.89. The average molecular weight is 243 g/mol. The Labute approximate surface area is 104 Å². The molecule has 5 heteroatoms. The molecule has 0 radical (unpaired) electrons. The molecule has 0 aliphatic rings. The van der Waals surface area contributed by atoms with E-state index in [0.717, 1.165) is 11.4 Å². The van der Waals surface area contributed by atoms with Crippen molar-refractivity contribution >= 4 is 23.0 Å². The number of carboxylic acid groups (broad SMARTS) is 1. The molecule has 0 atom stereocenters. The zero-order chi connectivity index (χ0) is 13.1. The zero-order valence-electron chi connectivity index (χ0n) is 9.84. The molecule has 1 aromatic heterocycles. The summed E-state index contributed by atoms with van der Waals surface area (Å²) in [5.41, 5.74) is 8.69. The number of benzene rings is 1. The first-order valence-electron chi connectivity index (χ1n) is 5.39. The smallest absolute Gasteiger partial charge is 0.335 e. The molecule has 0 aliphatic carbocycles. The monoisotopic (exact) mass is 243 g/mol. The molecule has 18 heavy (non-hydrogen) atoms. The minimum atomic E-state index is -0.986. The maximum absolute atomic E-state index is 10.9. The molecule has 0 bridgehead atoms. The van der Waals surface area contributed by atoms with E-state index in [1.54, 1.807) is 12.3 Å². The van der Waals surface area contributed by atoms with Gasteiger partial charge in [-0.2, -0.15) is 0 Å². The van der Waals surface area contributed by atoms with Gasteiger partial charge in [-0.3, -0.25) is 4.98 Å². The van der Waals surface area contributed by atoms with E-state index >= 15 is 0 Å². The molecule has 2 rings (SSSR count). The zero-order valence-corrected chi connectivity index (χ0v) is 9.84. The van der Waals surface area contributed by atoms with Crippen LogP contribution in [0, 0.1) is 6.92 Å². The molecule has 1 heterocycles. The molecule has 4 N–H and O–H groups in total. The molecule has 0 aliphatic heterocycles. The highest BCUT2D eigenvalue weighted by Gasteiger charge is 2.06. The Bertz CT molecular complexity index is 579. The van der Waals surface area contributed by atoms with E-state index in [9.17, 15) is 4.79 Å². The van der Waals surface area contributed by atoms with Crippen LogP contribution < -0.4 is 11.1 Å². The van der Waals surface area contributed by atoms with Gasteiger partial charge in [0, 0.05) is 5.69 Å². The van der Waals surface area contributed by atoms with E-state index in [0.29, 0.717) is 11.4 Å². The van der Waals surface area contributed by atoms with Crippen molar-refractivity contribution < 1.29 is 9.90 Å².